The molecule has 8 heteroatoms. The first-order chi connectivity index (χ1) is 8.42. The van der Waals surface area contributed by atoms with Crippen LogP contribution in [-0.2, 0) is 18.3 Å². The summed E-state index contributed by atoms with van der Waals surface area (Å²) < 4.78 is 27.5. The Kier molecular flexibility index (Phi) is 6.31. The lowest BCUT2D eigenvalue weighted by molar-refractivity contribution is 0.0365. The lowest BCUT2D eigenvalue weighted by atomic mass is 9.94. The van der Waals surface area contributed by atoms with Crippen LogP contribution in [0.2, 0.25) is 0 Å². The monoisotopic (exact) mass is 278 g/mol. The summed E-state index contributed by atoms with van der Waals surface area (Å²) in [5.74, 6) is -1.28. The van der Waals surface area contributed by atoms with Crippen molar-refractivity contribution in [3.05, 3.63) is 0 Å². The normalized spacial score (nSPS) is 30.6. The minimum absolute atomic E-state index is 0.0576. The summed E-state index contributed by atoms with van der Waals surface area (Å²) >= 11 is 0. The van der Waals surface area contributed by atoms with Gasteiger partial charge in [0.05, 0.1) is 25.4 Å². The molecule has 0 amide bonds. The fourth-order valence-electron chi connectivity index (χ4n) is 1.86. The van der Waals surface area contributed by atoms with Crippen LogP contribution in [0.5, 0.6) is 0 Å². The summed E-state index contributed by atoms with van der Waals surface area (Å²) in [4.78, 5) is 0. The van der Waals surface area contributed by atoms with Crippen molar-refractivity contribution in [2.24, 2.45) is 0 Å². The van der Waals surface area contributed by atoms with E-state index in [1.165, 1.54) is 0 Å². The Morgan fingerprint density at radius 3 is 2.39 bits per heavy atom. The molecule has 1 unspecified atom stereocenters. The smallest absolute Gasteiger partial charge is 0.358 e. The molecule has 1 heterocycles. The number of aliphatic hydroxyl groups is 2. The van der Waals surface area contributed by atoms with Crippen LogP contribution in [0.4, 0.5) is 0 Å². The Morgan fingerprint density at radius 2 is 2.00 bits per heavy atom. The topological polar surface area (TPSA) is 85.2 Å². The Labute approximate surface area is 109 Å². The van der Waals surface area contributed by atoms with Gasteiger partial charge in [0.25, 0.3) is 0 Å². The Balaban J connectivity index is 2.57. The summed E-state index contributed by atoms with van der Waals surface area (Å²) in [5, 5.41) is 19.4. The molecular formula is C10H20BO6P. The first kappa shape index (κ1) is 16.2. The van der Waals surface area contributed by atoms with Gasteiger partial charge in [0.15, 0.2) is 5.85 Å². The van der Waals surface area contributed by atoms with Gasteiger partial charge in [-0.05, 0) is 13.8 Å². The highest BCUT2D eigenvalue weighted by Gasteiger charge is 2.39. The third kappa shape index (κ3) is 4.05. The molecule has 0 aromatic heterocycles. The largest absolute Gasteiger partial charge is 0.391 e. The number of hydrogen-bond acceptors (Lipinski definition) is 6. The van der Waals surface area contributed by atoms with Crippen molar-refractivity contribution < 1.29 is 28.6 Å². The summed E-state index contributed by atoms with van der Waals surface area (Å²) in [6.07, 6.45) is -0.849. The highest BCUT2D eigenvalue weighted by atomic mass is 31.2. The molecule has 104 valence electrons. The molecule has 1 aliphatic rings. The van der Waals surface area contributed by atoms with E-state index in [1.807, 2.05) is 0 Å². The van der Waals surface area contributed by atoms with Crippen molar-refractivity contribution in [2.45, 2.75) is 50.7 Å². The van der Waals surface area contributed by atoms with Crippen LogP contribution in [-0.4, -0.2) is 55.3 Å². The second-order valence-corrected chi connectivity index (χ2v) is 6.31. The molecule has 0 spiro atoms. The molecule has 1 aliphatic heterocycles. The maximum absolute atomic E-state index is 12.2. The SMILES string of the molecule is [B][C@@H]1O[C@H](CC(O)P(=O)(OCC)OCC)C[C@@H]1O. The number of hydrogen-bond donors (Lipinski definition) is 2. The zero-order chi connectivity index (χ0) is 13.8. The molecule has 0 aromatic carbocycles. The zero-order valence-electron chi connectivity index (χ0n) is 10.7. The molecule has 1 fully saturated rings. The van der Waals surface area contributed by atoms with Crippen LogP contribution in [0, 0.1) is 0 Å². The maximum Gasteiger partial charge on any atom is 0.358 e. The maximum atomic E-state index is 12.2. The van der Waals surface area contributed by atoms with E-state index < -0.39 is 31.7 Å². The molecule has 4 atom stereocenters. The summed E-state index contributed by atoms with van der Waals surface area (Å²) in [5.41, 5.74) is 0. The second-order valence-electron chi connectivity index (χ2n) is 4.12. The van der Waals surface area contributed by atoms with Gasteiger partial charge in [-0.15, -0.1) is 0 Å². The summed E-state index contributed by atoms with van der Waals surface area (Å²) in [6.45, 7) is 3.71. The molecule has 0 saturated carbocycles. The minimum atomic E-state index is -3.55. The zero-order valence-corrected chi connectivity index (χ0v) is 11.6. The van der Waals surface area contributed by atoms with Crippen LogP contribution in [0.25, 0.3) is 0 Å². The molecular weight excluding hydrogens is 258 g/mol. The molecule has 6 nitrogen and oxygen atoms in total. The fraction of sp³-hybridized carbons (Fsp3) is 1.00. The molecule has 2 radical (unpaired) electrons. The van der Waals surface area contributed by atoms with Gasteiger partial charge in [-0.2, -0.15) is 0 Å². The van der Waals surface area contributed by atoms with E-state index in [0.29, 0.717) is 6.42 Å². The lowest BCUT2D eigenvalue weighted by Crippen LogP contribution is -2.21. The van der Waals surface area contributed by atoms with Crippen molar-refractivity contribution in [3.8, 4) is 0 Å². The third-order valence-electron chi connectivity index (χ3n) is 2.69. The van der Waals surface area contributed by atoms with E-state index in [1.54, 1.807) is 13.8 Å². The average Bonchev–Trinajstić information content (AvgIpc) is 2.58. The Morgan fingerprint density at radius 1 is 1.44 bits per heavy atom. The van der Waals surface area contributed by atoms with E-state index in [0.717, 1.165) is 0 Å². The van der Waals surface area contributed by atoms with Crippen LogP contribution in [0.15, 0.2) is 0 Å². The van der Waals surface area contributed by atoms with E-state index in [2.05, 4.69) is 0 Å². The van der Waals surface area contributed by atoms with E-state index in [9.17, 15) is 14.8 Å². The van der Waals surface area contributed by atoms with Crippen LogP contribution in [0.1, 0.15) is 26.7 Å². The standard InChI is InChI=1S/C10H20BO6P/c1-3-15-18(14,16-4-2)9(13)6-7-5-8(12)10(11)17-7/h7-10,12-13H,3-6H2,1-2H3/t7-,8-,9?,10+/m0/s1. The van der Waals surface area contributed by atoms with E-state index in [-0.39, 0.29) is 19.6 Å². The van der Waals surface area contributed by atoms with E-state index >= 15 is 0 Å². The first-order valence-electron chi connectivity index (χ1n) is 6.08. The van der Waals surface area contributed by atoms with Crippen molar-refractivity contribution in [3.63, 3.8) is 0 Å². The second kappa shape index (κ2) is 7.03. The van der Waals surface area contributed by atoms with E-state index in [4.69, 9.17) is 21.6 Å². The summed E-state index contributed by atoms with van der Waals surface area (Å²) in [7, 11) is 1.94. The van der Waals surface area contributed by atoms with Crippen molar-refractivity contribution in [1.82, 2.24) is 0 Å². The quantitative estimate of drug-likeness (QED) is 0.524. The van der Waals surface area contributed by atoms with Gasteiger partial charge in [0.1, 0.15) is 7.85 Å². The summed E-state index contributed by atoms with van der Waals surface area (Å²) in [6, 6.07) is -0.763. The van der Waals surface area contributed by atoms with Gasteiger partial charge >= 0.3 is 7.60 Å². The van der Waals surface area contributed by atoms with Gasteiger partial charge < -0.3 is 24.0 Å². The van der Waals surface area contributed by atoms with Crippen LogP contribution >= 0.6 is 7.60 Å². The molecule has 18 heavy (non-hydrogen) atoms. The Hall–Kier alpha value is 0.0949. The van der Waals surface area contributed by atoms with Crippen LogP contribution in [0.3, 0.4) is 0 Å². The van der Waals surface area contributed by atoms with Crippen molar-refractivity contribution in [1.29, 1.82) is 0 Å². The minimum Gasteiger partial charge on any atom is -0.391 e. The average molecular weight is 278 g/mol. The number of ether oxygens (including phenoxy) is 1. The Bertz CT molecular complexity index is 282. The predicted molar refractivity (Wildman–Crippen MR) is 66.5 cm³/mol. The fourth-order valence-corrected chi connectivity index (χ4v) is 3.49. The molecule has 1 rings (SSSR count). The van der Waals surface area contributed by atoms with Gasteiger partial charge in [-0.25, -0.2) is 0 Å². The van der Waals surface area contributed by atoms with Crippen molar-refractivity contribution >= 4 is 15.4 Å². The number of rotatable bonds is 7. The van der Waals surface area contributed by atoms with Gasteiger partial charge in [0, 0.05) is 18.8 Å². The molecule has 1 saturated heterocycles. The van der Waals surface area contributed by atoms with Gasteiger partial charge in [0.2, 0.25) is 0 Å². The predicted octanol–water partition coefficient (Wildman–Crippen LogP) is 0.605. The number of aliphatic hydroxyl groups excluding tert-OH is 2. The van der Waals surface area contributed by atoms with Gasteiger partial charge in [-0.1, -0.05) is 0 Å². The first-order valence-corrected chi connectivity index (χ1v) is 7.70. The molecule has 2 N–H and O–H groups in total. The lowest BCUT2D eigenvalue weighted by Gasteiger charge is -2.24. The highest BCUT2D eigenvalue weighted by Crippen LogP contribution is 2.53. The molecule has 0 aliphatic carbocycles. The molecule has 0 bridgehead atoms. The molecule has 0 aromatic rings. The van der Waals surface area contributed by atoms with Crippen molar-refractivity contribution in [2.75, 3.05) is 13.2 Å². The highest BCUT2D eigenvalue weighted by molar-refractivity contribution is 7.54. The van der Waals surface area contributed by atoms with Gasteiger partial charge in [-0.3, -0.25) is 4.57 Å². The van der Waals surface area contributed by atoms with Crippen LogP contribution < -0.4 is 0 Å². The third-order valence-corrected chi connectivity index (χ3v) is 4.87.